The van der Waals surface area contributed by atoms with Crippen molar-refractivity contribution in [3.05, 3.63) is 0 Å². The number of carbonyl (C=O) groups is 1. The summed E-state index contributed by atoms with van der Waals surface area (Å²) < 4.78 is 2.26. The summed E-state index contributed by atoms with van der Waals surface area (Å²) in [6.45, 7) is 6.34. The summed E-state index contributed by atoms with van der Waals surface area (Å²) in [5.74, 6) is 1.83. The van der Waals surface area contributed by atoms with Crippen LogP contribution in [-0.2, 0) is 4.79 Å². The fourth-order valence-corrected chi connectivity index (χ4v) is 3.81. The number of thioether (sulfide) groups is 1. The van der Waals surface area contributed by atoms with Crippen LogP contribution >= 0.6 is 11.8 Å². The number of rotatable bonds is 5. The maximum absolute atomic E-state index is 11.8. The maximum Gasteiger partial charge on any atom is 0.233 e. The van der Waals surface area contributed by atoms with Gasteiger partial charge in [0.2, 0.25) is 11.9 Å². The summed E-state index contributed by atoms with van der Waals surface area (Å²) in [6, 6.07) is 0.517. The Morgan fingerprint density at radius 3 is 2.55 bits per heavy atom. The van der Waals surface area contributed by atoms with Gasteiger partial charge in [-0.1, -0.05) is 18.7 Å². The molecule has 22 heavy (non-hydrogen) atoms. The van der Waals surface area contributed by atoms with Crippen molar-refractivity contribution in [2.45, 2.75) is 56.0 Å². The van der Waals surface area contributed by atoms with E-state index in [2.05, 4.69) is 31.9 Å². The molecular weight excluding hydrogens is 298 g/mol. The molecule has 1 saturated carbocycles. The lowest BCUT2D eigenvalue weighted by molar-refractivity contribution is -0.119. The number of nitrogens with zero attached hydrogens (tertiary/aromatic N) is 4. The number of aromatic nitrogens is 3. The van der Waals surface area contributed by atoms with Crippen LogP contribution in [0.2, 0.25) is 0 Å². The van der Waals surface area contributed by atoms with E-state index in [4.69, 9.17) is 0 Å². The summed E-state index contributed by atoms with van der Waals surface area (Å²) in [4.78, 5) is 14.1. The molecule has 2 heterocycles. The number of nitrogens with one attached hydrogen (secondary N) is 1. The van der Waals surface area contributed by atoms with Crippen LogP contribution in [0, 0.1) is 5.92 Å². The second kappa shape index (κ2) is 6.48. The van der Waals surface area contributed by atoms with Gasteiger partial charge in [-0.15, -0.1) is 10.2 Å². The average Bonchev–Trinajstić information content (AvgIpc) is 3.28. The van der Waals surface area contributed by atoms with Gasteiger partial charge in [0.1, 0.15) is 0 Å². The van der Waals surface area contributed by atoms with Crippen LogP contribution in [0.15, 0.2) is 5.16 Å². The molecular formula is C15H25N5OS. The van der Waals surface area contributed by atoms with Crippen molar-refractivity contribution >= 4 is 23.6 Å². The van der Waals surface area contributed by atoms with Crippen LogP contribution in [0.1, 0.15) is 45.6 Å². The van der Waals surface area contributed by atoms with Crippen molar-refractivity contribution in [1.29, 1.82) is 0 Å². The summed E-state index contributed by atoms with van der Waals surface area (Å²) >= 11 is 1.51. The third-order valence-electron chi connectivity index (χ3n) is 4.52. The zero-order valence-corrected chi connectivity index (χ0v) is 14.4. The smallest absolute Gasteiger partial charge is 0.233 e. The Balaban J connectivity index is 1.78. The summed E-state index contributed by atoms with van der Waals surface area (Å²) in [7, 11) is 1.67. The van der Waals surface area contributed by atoms with Gasteiger partial charge in [-0.25, -0.2) is 0 Å². The molecule has 1 aromatic rings. The molecule has 0 bridgehead atoms. The second-order valence-corrected chi connectivity index (χ2v) is 7.74. The van der Waals surface area contributed by atoms with Gasteiger partial charge in [-0.05, 0) is 38.5 Å². The van der Waals surface area contributed by atoms with E-state index in [0.29, 0.717) is 6.04 Å². The number of anilines is 1. The Morgan fingerprint density at radius 2 is 1.95 bits per heavy atom. The van der Waals surface area contributed by atoms with Gasteiger partial charge in [0.25, 0.3) is 0 Å². The fraction of sp³-hybridized carbons (Fsp3) is 0.800. The van der Waals surface area contributed by atoms with E-state index in [1.54, 1.807) is 7.05 Å². The highest BCUT2D eigenvalue weighted by Crippen LogP contribution is 2.42. The van der Waals surface area contributed by atoms with Gasteiger partial charge in [0.05, 0.1) is 5.25 Å². The highest BCUT2D eigenvalue weighted by molar-refractivity contribution is 8.00. The minimum Gasteiger partial charge on any atom is -0.358 e. The zero-order chi connectivity index (χ0) is 15.7. The van der Waals surface area contributed by atoms with Crippen LogP contribution in [0.5, 0.6) is 0 Å². The molecule has 0 radical (unpaired) electrons. The van der Waals surface area contributed by atoms with Gasteiger partial charge >= 0.3 is 0 Å². The summed E-state index contributed by atoms with van der Waals surface area (Å²) in [6.07, 6.45) is 4.82. The molecule has 1 saturated heterocycles. The molecule has 0 spiro atoms. The first-order chi connectivity index (χ1) is 10.6. The van der Waals surface area contributed by atoms with Crippen molar-refractivity contribution in [3.8, 4) is 0 Å². The minimum atomic E-state index is -0.152. The van der Waals surface area contributed by atoms with Gasteiger partial charge < -0.3 is 10.2 Å². The van der Waals surface area contributed by atoms with Crippen LogP contribution in [-0.4, -0.2) is 46.1 Å². The first-order valence-corrected chi connectivity index (χ1v) is 9.06. The molecule has 3 rings (SSSR count). The van der Waals surface area contributed by atoms with Gasteiger partial charge in [0.15, 0.2) is 5.16 Å². The zero-order valence-electron chi connectivity index (χ0n) is 13.6. The molecule has 1 aromatic heterocycles. The lowest BCUT2D eigenvalue weighted by atomic mass is 10.00. The Labute approximate surface area is 136 Å². The third kappa shape index (κ3) is 3.24. The molecule has 122 valence electrons. The fourth-order valence-electron chi connectivity index (χ4n) is 2.84. The molecule has 0 aromatic carbocycles. The third-order valence-corrected chi connectivity index (χ3v) is 5.58. The van der Waals surface area contributed by atoms with Crippen molar-refractivity contribution in [3.63, 3.8) is 0 Å². The minimum absolute atomic E-state index is 0.0312. The Hall–Kier alpha value is -1.24. The predicted octanol–water partition coefficient (Wildman–Crippen LogP) is 2.08. The largest absolute Gasteiger partial charge is 0.358 e. The highest BCUT2D eigenvalue weighted by atomic mass is 32.2. The molecule has 7 heteroatoms. The second-order valence-electron chi connectivity index (χ2n) is 6.43. The highest BCUT2D eigenvalue weighted by Gasteiger charge is 2.33. The first-order valence-electron chi connectivity index (χ1n) is 8.18. The topological polar surface area (TPSA) is 63.1 Å². The Kier molecular flexibility index (Phi) is 4.61. The van der Waals surface area contributed by atoms with E-state index >= 15 is 0 Å². The van der Waals surface area contributed by atoms with E-state index in [1.807, 2.05) is 6.92 Å². The van der Waals surface area contributed by atoms with Crippen molar-refractivity contribution in [1.82, 2.24) is 20.1 Å². The van der Waals surface area contributed by atoms with E-state index in [-0.39, 0.29) is 11.2 Å². The van der Waals surface area contributed by atoms with Gasteiger partial charge in [0, 0.05) is 26.2 Å². The summed E-state index contributed by atoms with van der Waals surface area (Å²) in [5.41, 5.74) is 0. The Bertz CT molecular complexity index is 534. The van der Waals surface area contributed by atoms with E-state index in [1.165, 1.54) is 37.4 Å². The molecule has 1 aliphatic heterocycles. The monoisotopic (exact) mass is 323 g/mol. The van der Waals surface area contributed by atoms with E-state index in [0.717, 1.165) is 30.1 Å². The maximum atomic E-state index is 11.8. The molecule has 1 aliphatic carbocycles. The predicted molar refractivity (Wildman–Crippen MR) is 88.3 cm³/mol. The lowest BCUT2D eigenvalue weighted by Gasteiger charge is -2.31. The molecule has 1 N–H and O–H groups in total. The van der Waals surface area contributed by atoms with E-state index < -0.39 is 0 Å². The number of hydrogen-bond donors (Lipinski definition) is 1. The summed E-state index contributed by atoms with van der Waals surface area (Å²) in [5, 5.41) is 12.3. The normalized spacial score (nSPS) is 21.0. The van der Waals surface area contributed by atoms with Gasteiger partial charge in [-0.2, -0.15) is 0 Å². The molecule has 1 atom stereocenters. The molecule has 6 nitrogen and oxygen atoms in total. The lowest BCUT2D eigenvalue weighted by Crippen LogP contribution is -2.34. The molecule has 2 fully saturated rings. The van der Waals surface area contributed by atoms with Crippen LogP contribution < -0.4 is 10.2 Å². The van der Waals surface area contributed by atoms with Crippen LogP contribution in [0.3, 0.4) is 0 Å². The van der Waals surface area contributed by atoms with Crippen LogP contribution in [0.25, 0.3) is 0 Å². The number of piperidine rings is 1. The van der Waals surface area contributed by atoms with Gasteiger partial charge in [-0.3, -0.25) is 9.36 Å². The molecule has 1 amide bonds. The quantitative estimate of drug-likeness (QED) is 0.841. The molecule has 2 aliphatic rings. The number of carbonyl (C=O) groups excluding carboxylic acids is 1. The van der Waals surface area contributed by atoms with Crippen molar-refractivity contribution in [2.75, 3.05) is 25.0 Å². The van der Waals surface area contributed by atoms with Crippen molar-refractivity contribution in [2.24, 2.45) is 5.92 Å². The number of amides is 1. The van der Waals surface area contributed by atoms with E-state index in [9.17, 15) is 4.79 Å². The van der Waals surface area contributed by atoms with Crippen molar-refractivity contribution < 1.29 is 4.79 Å². The first kappa shape index (κ1) is 15.6. The number of hydrogen-bond acceptors (Lipinski definition) is 5. The standard InChI is InChI=1S/C15H25N5OS/c1-10-6-8-19(9-7-10)14-17-18-15(20(14)12-4-5-12)22-11(2)13(21)16-3/h10-12H,4-9H2,1-3H3,(H,16,21)/t11-/m0/s1. The van der Waals surface area contributed by atoms with Crippen LogP contribution in [0.4, 0.5) is 5.95 Å². The SMILES string of the molecule is CNC(=O)[C@H](C)Sc1nnc(N2CCC(C)CC2)n1C1CC1. The average molecular weight is 323 g/mol. The molecule has 0 unspecified atom stereocenters. The Morgan fingerprint density at radius 1 is 1.27 bits per heavy atom.